The van der Waals surface area contributed by atoms with Gasteiger partial charge in [0, 0.05) is 79.4 Å². The Balaban J connectivity index is 0.00000151. The van der Waals surface area contributed by atoms with E-state index in [2.05, 4.69) is 16.6 Å². The standard InChI is InChI=1S/C29H30ClN3O5.C2H5.CH3.Y/c1-17(30)22-15-33(25-14-26(34)20-6-4-5-7-21(20)28(22)25)29(36)24-13-18-12-19(8-9-23(18)31-24)38-11-10-32(2)16-27(35)37-3;1-2;;/h4-9,12-14,17,22,31,34H,10-11,15-16H2,1-3H3;1H2,2H3;1H3;/q;2*-1;/t17-,22+;;;/m1.../s1. The number of nitrogens with zero attached hydrogens (tertiary/aromatic N) is 2. The number of alkyl halides is 1. The molecule has 8 nitrogen and oxygen atoms in total. The van der Waals surface area contributed by atoms with Gasteiger partial charge in [-0.05, 0) is 49.2 Å². The number of fused-ring (bicyclic) bond motifs is 4. The van der Waals surface area contributed by atoms with E-state index in [0.717, 1.165) is 27.2 Å². The molecule has 1 aromatic heterocycles. The van der Waals surface area contributed by atoms with Gasteiger partial charge in [0.1, 0.15) is 23.8 Å². The van der Waals surface area contributed by atoms with E-state index in [9.17, 15) is 14.7 Å². The van der Waals surface area contributed by atoms with Gasteiger partial charge in [-0.1, -0.05) is 24.3 Å². The van der Waals surface area contributed by atoms with E-state index < -0.39 is 0 Å². The molecule has 0 saturated carbocycles. The van der Waals surface area contributed by atoms with E-state index >= 15 is 0 Å². The molecular weight excluding hydrogens is 631 g/mol. The van der Waals surface area contributed by atoms with Crippen LogP contribution in [0, 0.1) is 14.4 Å². The van der Waals surface area contributed by atoms with Gasteiger partial charge in [-0.15, -0.1) is 11.6 Å². The number of anilines is 1. The minimum Gasteiger partial charge on any atom is -0.507 e. The van der Waals surface area contributed by atoms with Crippen LogP contribution in [0.25, 0.3) is 21.7 Å². The van der Waals surface area contributed by atoms with Crippen molar-refractivity contribution >= 4 is 50.8 Å². The fraction of sp³-hybridized carbons (Fsp3) is 0.312. The molecule has 1 radical (unpaired) electrons. The van der Waals surface area contributed by atoms with Crippen LogP contribution in [0.1, 0.15) is 35.8 Å². The van der Waals surface area contributed by atoms with E-state index in [1.165, 1.54) is 7.11 Å². The Labute approximate surface area is 278 Å². The number of benzene rings is 3. The molecule has 0 unspecified atom stereocenters. The van der Waals surface area contributed by atoms with Crippen molar-refractivity contribution in [2.75, 3.05) is 45.3 Å². The number of hydrogen-bond donors (Lipinski definition) is 2. The van der Waals surface area contributed by atoms with Gasteiger partial charge < -0.3 is 38.8 Å². The largest absolute Gasteiger partial charge is 0.507 e. The molecule has 0 aliphatic carbocycles. The molecule has 2 N–H and O–H groups in total. The van der Waals surface area contributed by atoms with Gasteiger partial charge in [0.05, 0.1) is 19.3 Å². The quantitative estimate of drug-likeness (QED) is 0.133. The van der Waals surface area contributed by atoms with Crippen molar-refractivity contribution in [3.63, 3.8) is 0 Å². The van der Waals surface area contributed by atoms with Crippen molar-refractivity contribution in [1.29, 1.82) is 0 Å². The predicted octanol–water partition coefficient (Wildman–Crippen LogP) is 6.17. The van der Waals surface area contributed by atoms with E-state index in [4.69, 9.17) is 16.3 Å². The minimum atomic E-state index is -0.297. The number of aromatic amines is 1. The number of aromatic hydroxyl groups is 1. The maximum absolute atomic E-state index is 13.7. The number of rotatable bonds is 8. The Morgan fingerprint density at radius 2 is 1.86 bits per heavy atom. The number of methoxy groups -OCH3 is 1. The number of halogens is 1. The van der Waals surface area contributed by atoms with Crippen molar-refractivity contribution in [2.45, 2.75) is 25.1 Å². The third-order valence-corrected chi connectivity index (χ3v) is 7.38. The molecule has 1 amide bonds. The summed E-state index contributed by atoms with van der Waals surface area (Å²) in [4.78, 5) is 31.9. The van der Waals surface area contributed by atoms with Gasteiger partial charge in [-0.3, -0.25) is 14.5 Å². The molecule has 2 atom stereocenters. The zero-order valence-electron chi connectivity index (χ0n) is 24.8. The smallest absolute Gasteiger partial charge is 0.319 e. The van der Waals surface area contributed by atoms with E-state index in [1.54, 1.807) is 17.9 Å². The van der Waals surface area contributed by atoms with Crippen LogP contribution >= 0.6 is 11.6 Å². The number of phenolic OH excluding ortho intramolecular Hbond substituents is 1. The SMILES string of the molecule is COC(=O)CN(C)CCOc1ccc2[nH]c(C(=O)N3C[C@@H]([C@@H](C)Cl)c4c3cc(O)c3ccccc43)cc2c1.[CH2-]C.[CH3-].[Y]. The van der Waals surface area contributed by atoms with Crippen molar-refractivity contribution in [3.8, 4) is 11.5 Å². The van der Waals surface area contributed by atoms with Crippen molar-refractivity contribution in [3.05, 3.63) is 80.2 Å². The Bertz CT molecular complexity index is 1520. The molecule has 42 heavy (non-hydrogen) atoms. The fourth-order valence-corrected chi connectivity index (χ4v) is 5.28. The van der Waals surface area contributed by atoms with Crippen LogP contribution < -0.4 is 9.64 Å². The number of ether oxygens (including phenoxy) is 2. The summed E-state index contributed by atoms with van der Waals surface area (Å²) in [5.74, 6) is 0.248. The maximum atomic E-state index is 13.7. The second-order valence-corrected chi connectivity index (χ2v) is 10.4. The van der Waals surface area contributed by atoms with E-state index in [-0.39, 0.29) is 75.6 Å². The monoisotopic (exact) mass is 668 g/mol. The first-order valence-corrected chi connectivity index (χ1v) is 13.6. The Hall–Kier alpha value is -2.65. The minimum absolute atomic E-state index is 0. The summed E-state index contributed by atoms with van der Waals surface area (Å²) in [6.07, 6.45) is 0. The first kappa shape index (κ1) is 35.5. The molecule has 0 fully saturated rings. The number of hydrogen-bond acceptors (Lipinski definition) is 6. The third kappa shape index (κ3) is 7.46. The van der Waals surface area contributed by atoms with Gasteiger partial charge in [0.25, 0.3) is 5.91 Å². The van der Waals surface area contributed by atoms with Crippen LogP contribution in [0.3, 0.4) is 0 Å². The molecule has 0 spiro atoms. The molecular formula is C32H38ClN3O5Y-2. The zero-order valence-corrected chi connectivity index (χ0v) is 28.4. The molecule has 2 heterocycles. The number of H-pyrrole nitrogens is 1. The molecule has 1 aliphatic heterocycles. The fourth-order valence-electron chi connectivity index (χ4n) is 5.08. The van der Waals surface area contributed by atoms with Gasteiger partial charge in [-0.2, -0.15) is 6.92 Å². The molecule has 3 aromatic carbocycles. The topological polar surface area (TPSA) is 95.1 Å². The third-order valence-electron chi connectivity index (χ3n) is 7.07. The van der Waals surface area contributed by atoms with Crippen LogP contribution in [0.5, 0.6) is 11.5 Å². The summed E-state index contributed by atoms with van der Waals surface area (Å²) in [6.45, 7) is 8.51. The first-order chi connectivity index (χ1) is 19.3. The molecule has 5 rings (SSSR count). The zero-order chi connectivity index (χ0) is 29.0. The second kappa shape index (κ2) is 15.7. The van der Waals surface area contributed by atoms with Crippen LogP contribution in [-0.2, 0) is 42.2 Å². The number of likely N-dealkylation sites (N-methyl/N-ethyl adjacent to an activating group) is 1. The molecule has 0 saturated heterocycles. The first-order valence-electron chi connectivity index (χ1n) is 13.2. The van der Waals surface area contributed by atoms with Crippen molar-refractivity contribution in [1.82, 2.24) is 9.88 Å². The molecule has 0 bridgehead atoms. The molecule has 1 aliphatic rings. The van der Waals surface area contributed by atoms with Gasteiger partial charge in [-0.25, -0.2) is 0 Å². The van der Waals surface area contributed by atoms with Gasteiger partial charge in [0.15, 0.2) is 0 Å². The van der Waals surface area contributed by atoms with Crippen molar-refractivity contribution < 1.29 is 56.9 Å². The Kier molecular flexibility index (Phi) is 13.3. The second-order valence-electron chi connectivity index (χ2n) is 9.67. The number of amides is 1. The average Bonchev–Trinajstić information content (AvgIpc) is 3.56. The summed E-state index contributed by atoms with van der Waals surface area (Å²) in [5.41, 5.74) is 2.92. The molecule has 10 heteroatoms. The van der Waals surface area contributed by atoms with Crippen LogP contribution in [0.15, 0.2) is 54.6 Å². The number of carbonyl (C=O) groups is 2. The Morgan fingerprint density at radius 1 is 1.17 bits per heavy atom. The number of aromatic nitrogens is 1. The number of esters is 1. The number of carbonyl (C=O) groups excluding carboxylic acids is 2. The van der Waals surface area contributed by atoms with Crippen LogP contribution in [0.2, 0.25) is 0 Å². The maximum Gasteiger partial charge on any atom is 0.319 e. The van der Waals surface area contributed by atoms with Crippen LogP contribution in [-0.4, -0.2) is 72.6 Å². The normalized spacial score (nSPS) is 14.4. The average molecular weight is 669 g/mol. The molecule has 4 aromatic rings. The molecule has 223 valence electrons. The van der Waals surface area contributed by atoms with Gasteiger partial charge >= 0.3 is 5.97 Å². The summed E-state index contributed by atoms with van der Waals surface area (Å²) in [6, 6.07) is 16.7. The predicted molar refractivity (Wildman–Crippen MR) is 166 cm³/mol. The number of phenols is 1. The van der Waals surface area contributed by atoms with E-state index in [1.807, 2.05) is 67.4 Å². The van der Waals surface area contributed by atoms with E-state index in [0.29, 0.717) is 36.8 Å². The Morgan fingerprint density at radius 3 is 2.52 bits per heavy atom. The van der Waals surface area contributed by atoms with Crippen molar-refractivity contribution in [2.24, 2.45) is 0 Å². The number of nitrogens with one attached hydrogen (secondary N) is 1. The summed E-state index contributed by atoms with van der Waals surface area (Å²) in [5, 5.41) is 13.0. The van der Waals surface area contributed by atoms with Crippen LogP contribution in [0.4, 0.5) is 5.69 Å². The summed E-state index contributed by atoms with van der Waals surface area (Å²) >= 11 is 6.59. The summed E-state index contributed by atoms with van der Waals surface area (Å²) in [7, 11) is 3.19. The summed E-state index contributed by atoms with van der Waals surface area (Å²) < 4.78 is 10.5. The van der Waals surface area contributed by atoms with Gasteiger partial charge in [0.2, 0.25) is 0 Å².